The molecule has 1 saturated carbocycles. The lowest BCUT2D eigenvalue weighted by Crippen LogP contribution is -2.32. The molecule has 1 aromatic heterocycles. The van der Waals surface area contributed by atoms with E-state index in [1.54, 1.807) is 0 Å². The van der Waals surface area contributed by atoms with Gasteiger partial charge in [0.25, 0.3) is 0 Å². The minimum atomic E-state index is -2.48. The van der Waals surface area contributed by atoms with Crippen LogP contribution in [-0.4, -0.2) is 33.2 Å². The molecule has 122 valence electrons. The van der Waals surface area contributed by atoms with E-state index >= 15 is 0 Å². The van der Waals surface area contributed by atoms with Gasteiger partial charge in [0.1, 0.15) is 5.84 Å². The van der Waals surface area contributed by atoms with E-state index in [0.717, 1.165) is 17.2 Å². The number of nitrogens with zero attached hydrogens (tertiary/aromatic N) is 4. The van der Waals surface area contributed by atoms with Crippen LogP contribution >= 0.6 is 0 Å². The number of hydrogen-bond acceptors (Lipinski definition) is 4. The molecule has 0 bridgehead atoms. The number of halogens is 2. The zero-order chi connectivity index (χ0) is 15.7. The first-order valence-electron chi connectivity index (χ1n) is 7.74. The Balaban J connectivity index is 1.58. The van der Waals surface area contributed by atoms with E-state index in [-0.39, 0.29) is 18.8 Å². The predicted octanol–water partition coefficient (Wildman–Crippen LogP) is 3.05. The summed E-state index contributed by atoms with van der Waals surface area (Å²) < 4.78 is 28.3. The number of oxime groups is 1. The molecule has 3 rings (SSSR count). The van der Waals surface area contributed by atoms with Crippen LogP contribution in [0.4, 0.5) is 8.78 Å². The van der Waals surface area contributed by atoms with Gasteiger partial charge in [0.05, 0.1) is 17.9 Å². The molecule has 22 heavy (non-hydrogen) atoms. The van der Waals surface area contributed by atoms with Gasteiger partial charge in [-0.15, -0.1) is 0 Å². The topological polar surface area (TPSA) is 42.6 Å². The van der Waals surface area contributed by atoms with Gasteiger partial charge in [-0.2, -0.15) is 5.10 Å². The third-order valence-electron chi connectivity index (χ3n) is 4.51. The standard InChI is InChI=1S/C15H22F2N4O/c1-11-7-13(20(2)18-11)9-21-10-22-19-14(21)8-12-3-5-15(16,17)6-4-12/h7,12H,3-6,8-10H2,1-2H3. The minimum Gasteiger partial charge on any atom is -0.372 e. The summed E-state index contributed by atoms with van der Waals surface area (Å²) >= 11 is 0. The number of aryl methyl sites for hydroxylation is 2. The van der Waals surface area contributed by atoms with Crippen molar-refractivity contribution in [2.75, 3.05) is 6.73 Å². The summed E-state index contributed by atoms with van der Waals surface area (Å²) in [6.45, 7) is 3.06. The Hall–Kier alpha value is -1.66. The summed E-state index contributed by atoms with van der Waals surface area (Å²) in [6.07, 6.45) is 1.82. The quantitative estimate of drug-likeness (QED) is 0.858. The van der Waals surface area contributed by atoms with Gasteiger partial charge in [-0.05, 0) is 31.7 Å². The third-order valence-corrected chi connectivity index (χ3v) is 4.51. The van der Waals surface area contributed by atoms with Crippen LogP contribution in [0.25, 0.3) is 0 Å². The summed E-state index contributed by atoms with van der Waals surface area (Å²) in [5.74, 6) is -1.33. The molecule has 0 N–H and O–H groups in total. The Bertz CT molecular complexity index is 560. The highest BCUT2D eigenvalue weighted by molar-refractivity contribution is 5.82. The molecule has 7 heteroatoms. The van der Waals surface area contributed by atoms with E-state index in [1.165, 1.54) is 0 Å². The van der Waals surface area contributed by atoms with Gasteiger partial charge in [-0.3, -0.25) is 4.68 Å². The van der Waals surface area contributed by atoms with Crippen LogP contribution in [0, 0.1) is 12.8 Å². The highest BCUT2D eigenvalue weighted by Gasteiger charge is 2.36. The first-order chi connectivity index (χ1) is 10.4. The van der Waals surface area contributed by atoms with Crippen LogP contribution in [0.5, 0.6) is 0 Å². The monoisotopic (exact) mass is 312 g/mol. The summed E-state index contributed by atoms with van der Waals surface area (Å²) in [5, 5.41) is 8.44. The number of hydrogen-bond donors (Lipinski definition) is 0. The third kappa shape index (κ3) is 3.39. The van der Waals surface area contributed by atoms with Crippen LogP contribution in [0.3, 0.4) is 0 Å². The zero-order valence-corrected chi connectivity index (χ0v) is 13.1. The zero-order valence-electron chi connectivity index (χ0n) is 13.1. The molecule has 1 aliphatic carbocycles. The Kier molecular flexibility index (Phi) is 4.06. The Labute approximate surface area is 128 Å². The van der Waals surface area contributed by atoms with Gasteiger partial charge in [0, 0.05) is 26.3 Å². The van der Waals surface area contributed by atoms with Crippen molar-refractivity contribution >= 4 is 5.84 Å². The molecule has 0 unspecified atom stereocenters. The maximum Gasteiger partial charge on any atom is 0.248 e. The van der Waals surface area contributed by atoms with E-state index in [4.69, 9.17) is 4.84 Å². The van der Waals surface area contributed by atoms with Crippen molar-refractivity contribution in [1.82, 2.24) is 14.7 Å². The second-order valence-electron chi connectivity index (χ2n) is 6.37. The maximum absolute atomic E-state index is 13.2. The van der Waals surface area contributed by atoms with Gasteiger partial charge >= 0.3 is 0 Å². The van der Waals surface area contributed by atoms with Crippen molar-refractivity contribution in [2.45, 2.75) is 51.5 Å². The fourth-order valence-electron chi connectivity index (χ4n) is 3.18. The fraction of sp³-hybridized carbons (Fsp3) is 0.733. The number of rotatable bonds is 4. The minimum absolute atomic E-state index is 0.00721. The van der Waals surface area contributed by atoms with Gasteiger partial charge in [0.2, 0.25) is 5.92 Å². The van der Waals surface area contributed by atoms with E-state index < -0.39 is 5.92 Å². The van der Waals surface area contributed by atoms with Crippen LogP contribution in [0.15, 0.2) is 11.2 Å². The largest absolute Gasteiger partial charge is 0.372 e. The SMILES string of the molecule is Cc1cc(CN2CON=C2CC2CCC(F)(F)CC2)n(C)n1. The Morgan fingerprint density at radius 2 is 2.09 bits per heavy atom. The molecule has 1 fully saturated rings. The second-order valence-corrected chi connectivity index (χ2v) is 6.37. The Morgan fingerprint density at radius 3 is 2.73 bits per heavy atom. The van der Waals surface area contributed by atoms with E-state index in [0.29, 0.717) is 32.5 Å². The average molecular weight is 312 g/mol. The molecule has 0 aromatic carbocycles. The van der Waals surface area contributed by atoms with E-state index in [9.17, 15) is 8.78 Å². The molecule has 5 nitrogen and oxygen atoms in total. The first kappa shape index (κ1) is 15.2. The van der Waals surface area contributed by atoms with Crippen molar-refractivity contribution in [3.05, 3.63) is 17.5 Å². The first-order valence-corrected chi connectivity index (χ1v) is 7.74. The van der Waals surface area contributed by atoms with E-state index in [2.05, 4.69) is 15.2 Å². The van der Waals surface area contributed by atoms with Crippen LogP contribution in [0.2, 0.25) is 0 Å². The van der Waals surface area contributed by atoms with Crippen molar-refractivity contribution in [3.63, 3.8) is 0 Å². The lowest BCUT2D eigenvalue weighted by molar-refractivity contribution is -0.0451. The van der Waals surface area contributed by atoms with E-state index in [1.807, 2.05) is 24.7 Å². The van der Waals surface area contributed by atoms with Crippen LogP contribution < -0.4 is 0 Å². The smallest absolute Gasteiger partial charge is 0.248 e. The maximum atomic E-state index is 13.2. The molecule has 1 aromatic rings. The number of amidine groups is 1. The molecule has 2 aliphatic rings. The molecule has 1 aliphatic heterocycles. The van der Waals surface area contributed by atoms with Crippen molar-refractivity contribution in [1.29, 1.82) is 0 Å². The van der Waals surface area contributed by atoms with Crippen molar-refractivity contribution in [3.8, 4) is 0 Å². The summed E-state index contributed by atoms with van der Waals surface area (Å²) in [6, 6.07) is 2.04. The van der Waals surface area contributed by atoms with Gasteiger partial charge in [-0.25, -0.2) is 8.78 Å². The van der Waals surface area contributed by atoms with Crippen LogP contribution in [0.1, 0.15) is 43.5 Å². The summed E-state index contributed by atoms with van der Waals surface area (Å²) in [7, 11) is 1.92. The molecular weight excluding hydrogens is 290 g/mol. The molecular formula is C15H22F2N4O. The summed E-state index contributed by atoms with van der Waals surface area (Å²) in [4.78, 5) is 7.27. The number of alkyl halides is 2. The predicted molar refractivity (Wildman–Crippen MR) is 78.4 cm³/mol. The van der Waals surface area contributed by atoms with Gasteiger partial charge in [-0.1, -0.05) is 5.16 Å². The fourth-order valence-corrected chi connectivity index (χ4v) is 3.18. The van der Waals surface area contributed by atoms with Gasteiger partial charge in [0.15, 0.2) is 6.73 Å². The lowest BCUT2D eigenvalue weighted by atomic mass is 9.84. The highest BCUT2D eigenvalue weighted by atomic mass is 19.3. The normalized spacial score (nSPS) is 21.8. The molecule has 0 spiro atoms. The molecule has 0 atom stereocenters. The van der Waals surface area contributed by atoms with Crippen molar-refractivity contribution < 1.29 is 13.6 Å². The van der Waals surface area contributed by atoms with Crippen LogP contribution in [-0.2, 0) is 18.4 Å². The van der Waals surface area contributed by atoms with Crippen molar-refractivity contribution in [2.24, 2.45) is 18.1 Å². The second kappa shape index (κ2) is 5.85. The molecule has 2 heterocycles. The Morgan fingerprint density at radius 1 is 1.36 bits per heavy atom. The molecule has 0 radical (unpaired) electrons. The lowest BCUT2D eigenvalue weighted by Gasteiger charge is -2.29. The average Bonchev–Trinajstić information content (AvgIpc) is 3.00. The molecule has 0 amide bonds. The highest BCUT2D eigenvalue weighted by Crippen LogP contribution is 2.38. The van der Waals surface area contributed by atoms with Gasteiger partial charge < -0.3 is 9.74 Å². The number of aromatic nitrogens is 2. The summed E-state index contributed by atoms with van der Waals surface area (Å²) in [5.41, 5.74) is 2.07. The molecule has 0 saturated heterocycles.